The molecule has 0 aromatic heterocycles. The fraction of sp³-hybridized carbons (Fsp3) is 1.00. The molecule has 0 aliphatic heterocycles. The van der Waals surface area contributed by atoms with E-state index in [1.165, 1.54) is 0 Å². The monoisotopic (exact) mass is 185 g/mol. The van der Waals surface area contributed by atoms with Gasteiger partial charge in [-0.15, -0.1) is 0 Å². The third-order valence-electron chi connectivity index (χ3n) is 2.25. The van der Waals surface area contributed by atoms with Crippen LogP contribution in [-0.4, -0.2) is 15.2 Å². The zero-order valence-electron chi connectivity index (χ0n) is 8.00. The molecule has 0 fully saturated rings. The molecule has 0 saturated carbocycles. The zero-order chi connectivity index (χ0) is 7.00. The van der Waals surface area contributed by atoms with Gasteiger partial charge in [0.05, 0.1) is 0 Å². The summed E-state index contributed by atoms with van der Waals surface area (Å²) in [7, 11) is -1.44. The Morgan fingerprint density at radius 2 is 0.667 bits per heavy atom. The van der Waals surface area contributed by atoms with E-state index in [1.54, 1.807) is 0 Å². The van der Waals surface area contributed by atoms with Gasteiger partial charge in [0.1, 0.15) is 0 Å². The van der Waals surface area contributed by atoms with Crippen LogP contribution in [0.25, 0.3) is 0 Å². The summed E-state index contributed by atoms with van der Waals surface area (Å²) in [4.78, 5) is 0. The average Bonchev–Trinajstić information content (AvgIpc) is 1.25. The number of hydrogen-bond acceptors (Lipinski definition) is 0. The number of rotatable bonds is 1. The van der Waals surface area contributed by atoms with Gasteiger partial charge in [0.2, 0.25) is 0 Å². The molecule has 0 nitrogen and oxygen atoms in total. The van der Waals surface area contributed by atoms with Gasteiger partial charge in [0.25, 0.3) is 0 Å². The molecule has 0 amide bonds. The summed E-state index contributed by atoms with van der Waals surface area (Å²) >= 11 is 0. The molecule has 0 spiro atoms. The SMILES string of the molecule is C[Si](C)(C)[Si](C)(C)C.[K+]. The van der Waals surface area contributed by atoms with Crippen molar-refractivity contribution in [3.05, 3.63) is 0 Å². The first kappa shape index (κ1) is 13.6. The molecular formula is C6H18KSi2+. The van der Waals surface area contributed by atoms with E-state index in [0.717, 1.165) is 0 Å². The molecule has 0 radical (unpaired) electrons. The maximum absolute atomic E-state index is 2.47. The smallest absolute Gasteiger partial charge is 0.0715 e. The third kappa shape index (κ3) is 5.35. The minimum Gasteiger partial charge on any atom is -0.0715 e. The van der Waals surface area contributed by atoms with Crippen LogP contribution in [-0.2, 0) is 0 Å². The Bertz CT molecular complexity index is 66.0. The van der Waals surface area contributed by atoms with Gasteiger partial charge in [-0.05, 0) is 0 Å². The molecule has 0 aromatic carbocycles. The quantitative estimate of drug-likeness (QED) is 0.494. The van der Waals surface area contributed by atoms with Crippen LogP contribution in [0.15, 0.2) is 0 Å². The van der Waals surface area contributed by atoms with Crippen molar-refractivity contribution in [1.82, 2.24) is 0 Å². The van der Waals surface area contributed by atoms with Gasteiger partial charge >= 0.3 is 51.4 Å². The van der Waals surface area contributed by atoms with Crippen molar-refractivity contribution in [2.45, 2.75) is 39.3 Å². The average molecular weight is 185 g/mol. The van der Waals surface area contributed by atoms with Crippen LogP contribution in [0.3, 0.4) is 0 Å². The summed E-state index contributed by atoms with van der Waals surface area (Å²) in [5.41, 5.74) is 0. The standard InChI is InChI=1S/C6H18Si2.K/c1-7(2,3)8(4,5)6;/h1-6H3;/q;+1. The molecule has 0 aliphatic carbocycles. The van der Waals surface area contributed by atoms with Gasteiger partial charge in [-0.1, -0.05) is 39.3 Å². The van der Waals surface area contributed by atoms with Gasteiger partial charge in [0, 0.05) is 15.2 Å². The minimum atomic E-state index is -0.720. The van der Waals surface area contributed by atoms with E-state index in [1.807, 2.05) is 0 Å². The van der Waals surface area contributed by atoms with Crippen LogP contribution in [0.5, 0.6) is 0 Å². The molecule has 0 bridgehead atoms. The van der Waals surface area contributed by atoms with Crippen molar-refractivity contribution in [2.24, 2.45) is 0 Å². The summed E-state index contributed by atoms with van der Waals surface area (Å²) in [5.74, 6) is 0. The first-order valence-electron chi connectivity index (χ1n) is 3.25. The van der Waals surface area contributed by atoms with E-state index in [9.17, 15) is 0 Å². The van der Waals surface area contributed by atoms with Crippen molar-refractivity contribution in [1.29, 1.82) is 0 Å². The fourth-order valence-corrected chi connectivity index (χ4v) is 0. The first-order valence-corrected chi connectivity index (χ1v) is 11.2. The Hall–Kier alpha value is 2.07. The normalized spacial score (nSPS) is 12.7. The van der Waals surface area contributed by atoms with E-state index in [4.69, 9.17) is 0 Å². The number of hydrogen-bond donors (Lipinski definition) is 0. The van der Waals surface area contributed by atoms with Crippen LogP contribution in [0, 0.1) is 0 Å². The Balaban J connectivity index is 0. The van der Waals surface area contributed by atoms with Crippen molar-refractivity contribution < 1.29 is 51.4 Å². The molecule has 0 aromatic rings. The zero-order valence-corrected chi connectivity index (χ0v) is 13.1. The van der Waals surface area contributed by atoms with Crippen LogP contribution in [0.4, 0.5) is 0 Å². The van der Waals surface area contributed by atoms with Gasteiger partial charge in [-0.3, -0.25) is 0 Å². The maximum Gasteiger partial charge on any atom is 1.00 e. The van der Waals surface area contributed by atoms with E-state index in [-0.39, 0.29) is 51.4 Å². The van der Waals surface area contributed by atoms with Crippen LogP contribution in [0.1, 0.15) is 0 Å². The Morgan fingerprint density at radius 1 is 0.556 bits per heavy atom. The largest absolute Gasteiger partial charge is 1.00 e. The third-order valence-corrected chi connectivity index (χ3v) is 20.2. The molecule has 0 atom stereocenters. The fourth-order valence-electron chi connectivity index (χ4n) is 0. The second kappa shape index (κ2) is 4.18. The molecule has 0 aliphatic rings. The Labute approximate surface area is 104 Å². The van der Waals surface area contributed by atoms with Gasteiger partial charge in [-0.2, -0.15) is 0 Å². The van der Waals surface area contributed by atoms with E-state index in [2.05, 4.69) is 39.3 Å². The molecule has 0 unspecified atom stereocenters. The summed E-state index contributed by atoms with van der Waals surface area (Å²) in [6.45, 7) is 14.8. The molecule has 3 heteroatoms. The molecule has 0 heterocycles. The molecule has 9 heavy (non-hydrogen) atoms. The minimum absolute atomic E-state index is 0. The van der Waals surface area contributed by atoms with Gasteiger partial charge in [-0.25, -0.2) is 0 Å². The topological polar surface area (TPSA) is 0 Å². The summed E-state index contributed by atoms with van der Waals surface area (Å²) in [6.07, 6.45) is 0. The summed E-state index contributed by atoms with van der Waals surface area (Å²) in [5, 5.41) is 0. The molecule has 0 rings (SSSR count). The van der Waals surface area contributed by atoms with Crippen molar-refractivity contribution in [3.8, 4) is 0 Å². The van der Waals surface area contributed by atoms with E-state index >= 15 is 0 Å². The second-order valence-electron chi connectivity index (χ2n) is 4.50. The molecule has 50 valence electrons. The van der Waals surface area contributed by atoms with Gasteiger partial charge in [0.15, 0.2) is 0 Å². The van der Waals surface area contributed by atoms with E-state index < -0.39 is 15.2 Å². The predicted molar refractivity (Wildman–Crippen MR) is 46.7 cm³/mol. The predicted octanol–water partition coefficient (Wildman–Crippen LogP) is -0.255. The Morgan fingerprint density at radius 3 is 0.667 bits per heavy atom. The van der Waals surface area contributed by atoms with Crippen LogP contribution < -0.4 is 51.4 Å². The van der Waals surface area contributed by atoms with Crippen LogP contribution in [0.2, 0.25) is 39.3 Å². The maximum atomic E-state index is 2.47. The van der Waals surface area contributed by atoms with Crippen molar-refractivity contribution in [2.75, 3.05) is 0 Å². The van der Waals surface area contributed by atoms with E-state index in [0.29, 0.717) is 0 Å². The van der Waals surface area contributed by atoms with Crippen molar-refractivity contribution in [3.63, 3.8) is 0 Å². The first-order chi connectivity index (χ1) is 3.25. The molecule has 0 saturated heterocycles. The second-order valence-corrected chi connectivity index (χ2v) is 22.5. The Kier molecular flexibility index (Phi) is 6.34. The van der Waals surface area contributed by atoms with Crippen LogP contribution >= 0.6 is 0 Å². The molecule has 0 N–H and O–H groups in total. The summed E-state index contributed by atoms with van der Waals surface area (Å²) in [6, 6.07) is 0. The molecular weight excluding hydrogens is 167 g/mol. The van der Waals surface area contributed by atoms with Gasteiger partial charge < -0.3 is 0 Å². The van der Waals surface area contributed by atoms with Crippen molar-refractivity contribution >= 4 is 15.2 Å². The summed E-state index contributed by atoms with van der Waals surface area (Å²) < 4.78 is 0.